The highest BCUT2D eigenvalue weighted by molar-refractivity contribution is 5.87. The molecule has 226 valence electrons. The van der Waals surface area contributed by atoms with E-state index in [1.54, 1.807) is 0 Å². The molecule has 2 aromatic rings. The van der Waals surface area contributed by atoms with Gasteiger partial charge in [0.25, 0.3) is 0 Å². The number of anilines is 2. The van der Waals surface area contributed by atoms with Gasteiger partial charge < -0.3 is 29.3 Å². The van der Waals surface area contributed by atoms with Crippen LogP contribution in [0.3, 0.4) is 0 Å². The van der Waals surface area contributed by atoms with E-state index in [9.17, 15) is 9.90 Å². The van der Waals surface area contributed by atoms with Gasteiger partial charge in [-0.05, 0) is 56.9 Å². The summed E-state index contributed by atoms with van der Waals surface area (Å²) in [7, 11) is 0. The molecule has 3 aliphatic heterocycles. The number of allylic oxidation sites excluding steroid dienone is 1. The number of phenolic OH excluding ortho intramolecular Hbond substituents is 1. The predicted octanol–water partition coefficient (Wildman–Crippen LogP) is 3.41. The van der Waals surface area contributed by atoms with Crippen molar-refractivity contribution in [1.82, 2.24) is 19.8 Å². The highest BCUT2D eigenvalue weighted by Crippen LogP contribution is 2.35. The second-order valence-corrected chi connectivity index (χ2v) is 11.5. The van der Waals surface area contributed by atoms with E-state index in [2.05, 4.69) is 48.1 Å². The highest BCUT2D eigenvalue weighted by atomic mass is 16.5. The summed E-state index contributed by atoms with van der Waals surface area (Å²) in [5.74, 6) is 1.13. The Bertz CT molecular complexity index is 1310. The number of morpholine rings is 1. The standard InChI is InChI=1S/C32H44N6O4/c1-5-30(40)36-10-12-37(13-11-36)31-27-7-9-38(29-21-26(39)20-25(24(29)4)19-23(2)3)22-28(27)33-32(34-31)42-16-6-8-35-14-17-41-18-15-35/h5,19-21,39H,1,6-18,22H2,2-4H3. The number of rotatable bonds is 9. The summed E-state index contributed by atoms with van der Waals surface area (Å²) < 4.78 is 11.6. The van der Waals surface area contributed by atoms with Crippen molar-refractivity contribution in [3.05, 3.63) is 52.7 Å². The minimum Gasteiger partial charge on any atom is -0.508 e. The van der Waals surface area contributed by atoms with Crippen LogP contribution in [0.25, 0.3) is 6.08 Å². The Morgan fingerprint density at radius 1 is 1.07 bits per heavy atom. The van der Waals surface area contributed by atoms with Crippen LogP contribution in [0.2, 0.25) is 0 Å². The first-order valence-corrected chi connectivity index (χ1v) is 15.0. The van der Waals surface area contributed by atoms with Gasteiger partial charge in [-0.1, -0.05) is 18.2 Å². The van der Waals surface area contributed by atoms with E-state index >= 15 is 0 Å². The van der Waals surface area contributed by atoms with E-state index in [0.717, 1.165) is 86.1 Å². The van der Waals surface area contributed by atoms with Crippen LogP contribution in [0, 0.1) is 6.92 Å². The summed E-state index contributed by atoms with van der Waals surface area (Å²) in [5, 5.41) is 10.6. The molecule has 10 nitrogen and oxygen atoms in total. The monoisotopic (exact) mass is 576 g/mol. The summed E-state index contributed by atoms with van der Waals surface area (Å²) in [6.07, 6.45) is 5.16. The van der Waals surface area contributed by atoms with Gasteiger partial charge in [0.1, 0.15) is 11.6 Å². The van der Waals surface area contributed by atoms with E-state index in [0.29, 0.717) is 45.3 Å². The van der Waals surface area contributed by atoms with Crippen LogP contribution >= 0.6 is 0 Å². The fraction of sp³-hybridized carbons (Fsp3) is 0.531. The average Bonchev–Trinajstić information content (AvgIpc) is 3.00. The predicted molar refractivity (Wildman–Crippen MR) is 165 cm³/mol. The van der Waals surface area contributed by atoms with Crippen LogP contribution in [0.4, 0.5) is 11.5 Å². The number of carbonyl (C=O) groups excluding carboxylic acids is 1. The number of aromatic nitrogens is 2. The van der Waals surface area contributed by atoms with E-state index in [-0.39, 0.29) is 11.7 Å². The first-order chi connectivity index (χ1) is 20.3. The molecule has 1 aromatic carbocycles. The number of aromatic hydroxyl groups is 1. The average molecular weight is 577 g/mol. The number of fused-ring (bicyclic) bond motifs is 1. The first kappa shape index (κ1) is 29.8. The summed E-state index contributed by atoms with van der Waals surface area (Å²) in [6.45, 7) is 18.9. The zero-order chi connectivity index (χ0) is 29.6. The molecule has 0 unspecified atom stereocenters. The van der Waals surface area contributed by atoms with Gasteiger partial charge in [-0.25, -0.2) is 0 Å². The first-order valence-electron chi connectivity index (χ1n) is 15.0. The number of carbonyl (C=O) groups is 1. The molecule has 3 aliphatic rings. The van der Waals surface area contributed by atoms with Crippen LogP contribution in [0.15, 0.2) is 30.4 Å². The number of hydrogen-bond acceptors (Lipinski definition) is 9. The van der Waals surface area contributed by atoms with Crippen molar-refractivity contribution >= 4 is 23.5 Å². The second kappa shape index (κ2) is 13.6. The summed E-state index contributed by atoms with van der Waals surface area (Å²) >= 11 is 0. The van der Waals surface area contributed by atoms with Crippen molar-refractivity contribution in [3.8, 4) is 11.8 Å². The van der Waals surface area contributed by atoms with E-state index in [4.69, 9.17) is 19.4 Å². The van der Waals surface area contributed by atoms with Crippen molar-refractivity contribution in [2.24, 2.45) is 0 Å². The molecular formula is C32H44N6O4. The molecule has 10 heteroatoms. The molecule has 2 saturated heterocycles. The number of nitrogens with zero attached hydrogens (tertiary/aromatic N) is 6. The van der Waals surface area contributed by atoms with Crippen molar-refractivity contribution in [2.75, 3.05) is 82.0 Å². The lowest BCUT2D eigenvalue weighted by Gasteiger charge is -2.38. The second-order valence-electron chi connectivity index (χ2n) is 11.5. The van der Waals surface area contributed by atoms with Gasteiger partial charge in [-0.3, -0.25) is 9.69 Å². The molecule has 0 aliphatic carbocycles. The third-order valence-electron chi connectivity index (χ3n) is 8.23. The number of ether oxygens (including phenoxy) is 2. The normalized spacial score (nSPS) is 17.5. The van der Waals surface area contributed by atoms with Gasteiger partial charge in [0.15, 0.2) is 0 Å². The quantitative estimate of drug-likeness (QED) is 0.356. The molecule has 0 radical (unpaired) electrons. The van der Waals surface area contributed by atoms with Gasteiger partial charge in [-0.2, -0.15) is 9.97 Å². The lowest BCUT2D eigenvalue weighted by molar-refractivity contribution is -0.126. The molecule has 2 fully saturated rings. The SMILES string of the molecule is C=CC(=O)N1CCN(c2nc(OCCCN3CCOCC3)nc3c2CCN(c2cc(O)cc(C=C(C)C)c2C)C3)CC1. The third-order valence-corrected chi connectivity index (χ3v) is 8.23. The third kappa shape index (κ3) is 7.04. The van der Waals surface area contributed by atoms with Crippen molar-refractivity contribution in [2.45, 2.75) is 40.2 Å². The summed E-state index contributed by atoms with van der Waals surface area (Å²) in [6, 6.07) is 4.07. The summed E-state index contributed by atoms with van der Waals surface area (Å²) in [5.41, 5.74) is 6.44. The molecule has 0 saturated carbocycles. The molecular weight excluding hydrogens is 532 g/mol. The van der Waals surface area contributed by atoms with Gasteiger partial charge >= 0.3 is 6.01 Å². The Balaban J connectivity index is 1.38. The minimum atomic E-state index is -0.0340. The molecule has 0 bridgehead atoms. The lowest BCUT2D eigenvalue weighted by Crippen LogP contribution is -2.49. The molecule has 42 heavy (non-hydrogen) atoms. The van der Waals surface area contributed by atoms with Gasteiger partial charge in [0.05, 0.1) is 32.1 Å². The lowest BCUT2D eigenvalue weighted by atomic mass is 9.99. The highest BCUT2D eigenvalue weighted by Gasteiger charge is 2.29. The largest absolute Gasteiger partial charge is 0.508 e. The molecule has 5 rings (SSSR count). The maximum absolute atomic E-state index is 12.2. The molecule has 1 amide bonds. The topological polar surface area (TPSA) is 94.5 Å². The van der Waals surface area contributed by atoms with E-state index < -0.39 is 0 Å². The van der Waals surface area contributed by atoms with Crippen LogP contribution in [0.5, 0.6) is 11.8 Å². The molecule has 4 heterocycles. The smallest absolute Gasteiger partial charge is 0.318 e. The maximum atomic E-state index is 12.2. The number of piperazine rings is 1. The van der Waals surface area contributed by atoms with Crippen LogP contribution in [-0.2, 0) is 22.5 Å². The maximum Gasteiger partial charge on any atom is 0.318 e. The number of phenols is 1. The number of hydrogen-bond donors (Lipinski definition) is 1. The van der Waals surface area contributed by atoms with Gasteiger partial charge in [-0.15, -0.1) is 0 Å². The Kier molecular flexibility index (Phi) is 9.64. The van der Waals surface area contributed by atoms with Gasteiger partial charge in [0, 0.05) is 69.7 Å². The number of benzene rings is 1. The van der Waals surface area contributed by atoms with Crippen molar-refractivity contribution < 1.29 is 19.4 Å². The van der Waals surface area contributed by atoms with Crippen LogP contribution < -0.4 is 14.5 Å². The van der Waals surface area contributed by atoms with Crippen LogP contribution in [-0.4, -0.2) is 103 Å². The Morgan fingerprint density at radius 3 is 2.55 bits per heavy atom. The molecule has 0 spiro atoms. The van der Waals surface area contributed by atoms with Crippen molar-refractivity contribution in [1.29, 1.82) is 0 Å². The fourth-order valence-corrected chi connectivity index (χ4v) is 5.96. The molecule has 1 N–H and O–H groups in total. The Labute approximate surface area is 249 Å². The van der Waals surface area contributed by atoms with Crippen LogP contribution in [0.1, 0.15) is 42.7 Å². The molecule has 0 atom stereocenters. The molecule has 1 aromatic heterocycles. The minimum absolute atomic E-state index is 0.0340. The summed E-state index contributed by atoms with van der Waals surface area (Å²) in [4.78, 5) is 30.8. The fourth-order valence-electron chi connectivity index (χ4n) is 5.96. The van der Waals surface area contributed by atoms with E-state index in [1.165, 1.54) is 11.6 Å². The van der Waals surface area contributed by atoms with Gasteiger partial charge in [0.2, 0.25) is 5.91 Å². The zero-order valence-electron chi connectivity index (χ0n) is 25.3. The zero-order valence-corrected chi connectivity index (χ0v) is 25.3. The Morgan fingerprint density at radius 2 is 1.83 bits per heavy atom. The number of amides is 1. The van der Waals surface area contributed by atoms with Crippen molar-refractivity contribution in [3.63, 3.8) is 0 Å². The Hall–Kier alpha value is -3.63. The van der Waals surface area contributed by atoms with E-state index in [1.807, 2.05) is 17.0 Å².